The first kappa shape index (κ1) is 36.7. The summed E-state index contributed by atoms with van der Waals surface area (Å²) in [4.78, 5) is 73.2. The molecule has 46 heavy (non-hydrogen) atoms. The summed E-state index contributed by atoms with van der Waals surface area (Å²) in [5.74, 6) is -0.979. The topological polar surface area (TPSA) is 285 Å². The minimum absolute atomic E-state index is 0.0173. The predicted octanol–water partition coefficient (Wildman–Crippen LogP) is 3.41. The number of nitrogen functional groups attached to an aromatic ring is 1. The third-order valence-corrected chi connectivity index (χ3v) is 13.2. The molecule has 1 aliphatic rings. The van der Waals surface area contributed by atoms with Crippen molar-refractivity contribution in [2.24, 2.45) is 0 Å². The molecule has 254 valence electrons. The summed E-state index contributed by atoms with van der Waals surface area (Å²) < 4.78 is 60.4. The summed E-state index contributed by atoms with van der Waals surface area (Å²) in [6.07, 6.45) is -2.47. The van der Waals surface area contributed by atoms with Gasteiger partial charge in [-0.05, 0) is 18.6 Å². The van der Waals surface area contributed by atoms with Gasteiger partial charge in [-0.2, -0.15) is 13.6 Å². The van der Waals surface area contributed by atoms with Crippen LogP contribution in [0.4, 0.5) is 5.95 Å². The number of hydrogen-bond acceptors (Lipinski definition) is 15. The van der Waals surface area contributed by atoms with Crippen LogP contribution in [0.1, 0.15) is 54.6 Å². The number of carbonyl (C=O) groups excluding carboxylic acids is 1. The fraction of sp³-hybridized carbons (Fsp3) is 0.455. The molecule has 0 spiro atoms. The van der Waals surface area contributed by atoms with Crippen molar-refractivity contribution in [1.29, 1.82) is 0 Å². The van der Waals surface area contributed by atoms with E-state index in [-0.39, 0.29) is 34.3 Å². The SMILES string of the molecule is CC(C)SSC(C)c1ccccc1C(=O)OC1C[C@H](n2cnc3c(=O)[nH]c(N)nc32)O[C@@H]1COP(=O)(O)OP(=O)(O)OP(=O)(O)O. The number of fused-ring (bicyclic) bond motifs is 1. The van der Waals surface area contributed by atoms with Crippen LogP contribution in [0.2, 0.25) is 0 Å². The molecular formula is C22H30N5O14P3S2. The Morgan fingerprint density at radius 2 is 1.83 bits per heavy atom. The van der Waals surface area contributed by atoms with Gasteiger partial charge in [0.05, 0.1) is 18.5 Å². The van der Waals surface area contributed by atoms with Crippen LogP contribution in [0.15, 0.2) is 35.4 Å². The van der Waals surface area contributed by atoms with E-state index in [2.05, 4.69) is 23.6 Å². The number of esters is 1. The van der Waals surface area contributed by atoms with Gasteiger partial charge in [-0.15, -0.1) is 0 Å². The maximum absolute atomic E-state index is 13.5. The number of aromatic amines is 1. The minimum atomic E-state index is -5.79. The lowest BCUT2D eigenvalue weighted by Gasteiger charge is -2.22. The van der Waals surface area contributed by atoms with E-state index in [0.717, 1.165) is 0 Å². The van der Waals surface area contributed by atoms with Gasteiger partial charge in [-0.1, -0.05) is 53.6 Å². The molecule has 4 rings (SSSR count). The molecule has 24 heteroatoms. The van der Waals surface area contributed by atoms with Crippen LogP contribution in [0.3, 0.4) is 0 Å². The van der Waals surface area contributed by atoms with E-state index in [4.69, 9.17) is 29.5 Å². The van der Waals surface area contributed by atoms with Gasteiger partial charge in [-0.3, -0.25) is 18.9 Å². The van der Waals surface area contributed by atoms with E-state index in [1.165, 1.54) is 10.9 Å². The first-order valence-corrected chi connectivity index (χ1v) is 19.9. The number of H-pyrrole nitrogens is 1. The number of aromatic nitrogens is 4. The highest BCUT2D eigenvalue weighted by atomic mass is 33.1. The number of hydrogen-bond donors (Lipinski definition) is 6. The van der Waals surface area contributed by atoms with Crippen molar-refractivity contribution in [3.63, 3.8) is 0 Å². The lowest BCUT2D eigenvalue weighted by atomic mass is 10.0. The highest BCUT2D eigenvalue weighted by Gasteiger charge is 2.44. The Morgan fingerprint density at radius 1 is 1.13 bits per heavy atom. The highest BCUT2D eigenvalue weighted by molar-refractivity contribution is 8.77. The normalized spacial score (nSPS) is 22.0. The van der Waals surface area contributed by atoms with E-state index in [0.29, 0.717) is 10.8 Å². The number of ether oxygens (including phenoxy) is 2. The van der Waals surface area contributed by atoms with Crippen molar-refractivity contribution in [1.82, 2.24) is 19.5 Å². The molecule has 2 aromatic heterocycles. The first-order chi connectivity index (χ1) is 21.3. The summed E-state index contributed by atoms with van der Waals surface area (Å²) in [6.45, 7) is 5.09. The number of nitrogens with two attached hydrogens (primary N) is 1. The van der Waals surface area contributed by atoms with Crippen LogP contribution in [-0.4, -0.2) is 69.1 Å². The molecule has 0 aliphatic carbocycles. The van der Waals surface area contributed by atoms with Crippen molar-refractivity contribution in [3.8, 4) is 0 Å². The Balaban J connectivity index is 1.59. The quantitative estimate of drug-likeness (QED) is 0.0783. The van der Waals surface area contributed by atoms with Crippen LogP contribution in [-0.2, 0) is 36.3 Å². The molecule has 3 aromatic rings. The fourth-order valence-corrected chi connectivity index (χ4v) is 9.46. The summed E-state index contributed by atoms with van der Waals surface area (Å²) in [5.41, 5.74) is 5.92. The Hall–Kier alpha value is -2.09. The summed E-state index contributed by atoms with van der Waals surface area (Å²) in [5, 5.41) is 0.214. The molecule has 1 aromatic carbocycles. The third-order valence-electron chi connectivity index (χ3n) is 6.03. The third kappa shape index (κ3) is 9.73. The highest BCUT2D eigenvalue weighted by Crippen LogP contribution is 2.66. The van der Waals surface area contributed by atoms with Gasteiger partial charge < -0.3 is 34.8 Å². The molecular weight excluding hydrogens is 715 g/mol. The van der Waals surface area contributed by atoms with Gasteiger partial charge in [0, 0.05) is 16.9 Å². The molecule has 6 atom stereocenters. The zero-order valence-electron chi connectivity index (χ0n) is 24.1. The minimum Gasteiger partial charge on any atom is -0.456 e. The molecule has 19 nitrogen and oxygen atoms in total. The van der Waals surface area contributed by atoms with Crippen molar-refractivity contribution >= 4 is 68.1 Å². The zero-order chi connectivity index (χ0) is 34.0. The molecule has 1 aliphatic heterocycles. The average molecular weight is 746 g/mol. The molecule has 0 bridgehead atoms. The van der Waals surface area contributed by atoms with Crippen molar-refractivity contribution in [2.75, 3.05) is 12.3 Å². The number of benzene rings is 1. The molecule has 3 heterocycles. The Labute approximate surface area is 268 Å². The molecule has 0 saturated carbocycles. The van der Waals surface area contributed by atoms with Gasteiger partial charge in [-0.25, -0.2) is 23.5 Å². The van der Waals surface area contributed by atoms with Gasteiger partial charge in [0.1, 0.15) is 18.4 Å². The lowest BCUT2D eigenvalue weighted by Crippen LogP contribution is -2.31. The number of rotatable bonds is 14. The predicted molar refractivity (Wildman–Crippen MR) is 165 cm³/mol. The second-order valence-electron chi connectivity index (χ2n) is 9.94. The van der Waals surface area contributed by atoms with E-state index >= 15 is 0 Å². The summed E-state index contributed by atoms with van der Waals surface area (Å²) >= 11 is 0. The number of phosphoric acid groups is 3. The molecule has 1 fully saturated rings. The first-order valence-electron chi connectivity index (χ1n) is 13.1. The van der Waals surface area contributed by atoms with E-state index < -0.39 is 60.0 Å². The van der Waals surface area contributed by atoms with Crippen LogP contribution >= 0.6 is 45.1 Å². The number of carbonyl (C=O) groups is 1. The fourth-order valence-electron chi connectivity index (χ4n) is 4.25. The molecule has 0 radical (unpaired) electrons. The van der Waals surface area contributed by atoms with E-state index in [1.54, 1.807) is 45.9 Å². The smallest absolute Gasteiger partial charge is 0.456 e. The summed E-state index contributed by atoms with van der Waals surface area (Å²) in [7, 11) is -13.7. The standard InChI is InChI=1S/C22H30N5O14P3S2/c1-11(2)45-46-12(3)13-6-4-5-7-14(13)21(29)39-15-8-17(27-10-24-18-19(27)25-22(23)26-20(18)28)38-16(15)9-37-43(33,34)41-44(35,36)40-42(30,31)32/h4-7,10-12,15-17H,8-9H2,1-3H3,(H,33,34)(H,35,36)(H2,30,31,32)(H3,23,25,26,28)/t12?,15?,16-,17-/m1/s1. The number of nitrogens with zero attached hydrogens (tertiary/aromatic N) is 3. The van der Waals surface area contributed by atoms with Crippen LogP contribution in [0.5, 0.6) is 0 Å². The van der Waals surface area contributed by atoms with Crippen molar-refractivity contribution < 1.29 is 60.7 Å². The maximum atomic E-state index is 13.5. The zero-order valence-corrected chi connectivity index (χ0v) is 28.5. The van der Waals surface area contributed by atoms with Crippen molar-refractivity contribution in [3.05, 3.63) is 52.1 Å². The maximum Gasteiger partial charge on any atom is 0.490 e. The van der Waals surface area contributed by atoms with Crippen molar-refractivity contribution in [2.45, 2.75) is 56.1 Å². The molecule has 1 saturated heterocycles. The van der Waals surface area contributed by atoms with E-state index in [1.807, 2.05) is 20.8 Å². The monoisotopic (exact) mass is 745 g/mol. The number of imidazole rings is 1. The van der Waals surface area contributed by atoms with E-state index in [9.17, 15) is 33.1 Å². The number of nitrogens with one attached hydrogen (secondary N) is 1. The Bertz CT molecular complexity index is 1780. The van der Waals surface area contributed by atoms with Gasteiger partial charge in [0.25, 0.3) is 5.56 Å². The molecule has 4 unspecified atom stereocenters. The Morgan fingerprint density at radius 3 is 2.50 bits per heavy atom. The van der Waals surface area contributed by atoms with Gasteiger partial charge >= 0.3 is 29.4 Å². The largest absolute Gasteiger partial charge is 0.490 e. The lowest BCUT2D eigenvalue weighted by molar-refractivity contribution is -0.0490. The van der Waals surface area contributed by atoms with Crippen LogP contribution < -0.4 is 11.3 Å². The number of anilines is 1. The number of phosphoric ester groups is 1. The second kappa shape index (κ2) is 14.6. The molecule has 0 amide bonds. The molecule has 7 N–H and O–H groups in total. The van der Waals surface area contributed by atoms with Gasteiger partial charge in [0.2, 0.25) is 5.95 Å². The summed E-state index contributed by atoms with van der Waals surface area (Å²) in [6, 6.07) is 6.78. The average Bonchev–Trinajstić information content (AvgIpc) is 3.52. The van der Waals surface area contributed by atoms with Crippen LogP contribution in [0, 0.1) is 0 Å². The van der Waals surface area contributed by atoms with Crippen LogP contribution in [0.25, 0.3) is 11.2 Å². The Kier molecular flexibility index (Phi) is 11.6. The second-order valence-corrected chi connectivity index (χ2v) is 17.6. The van der Waals surface area contributed by atoms with Gasteiger partial charge in [0.15, 0.2) is 11.2 Å².